The van der Waals surface area contributed by atoms with Gasteiger partial charge in [-0.05, 0) is 80.5 Å². The smallest absolute Gasteiger partial charge is 0.314 e. The quantitative estimate of drug-likeness (QED) is 0.410. The molecule has 0 heterocycles. The molecule has 0 spiro atoms. The minimum absolute atomic E-state index is 0.0538. The van der Waals surface area contributed by atoms with Gasteiger partial charge in [0.2, 0.25) is 0 Å². The third kappa shape index (κ3) is 5.73. The normalized spacial score (nSPS) is 28.5. The number of carbonyl (C=O) groups excluding carboxylic acids is 1. The zero-order valence-corrected chi connectivity index (χ0v) is 17.1. The van der Waals surface area contributed by atoms with Crippen molar-refractivity contribution in [3.63, 3.8) is 0 Å². The van der Waals surface area contributed by atoms with Gasteiger partial charge in [0, 0.05) is 0 Å². The largest absolute Gasteiger partial charge is 0.497 e. The van der Waals surface area contributed by atoms with Crippen molar-refractivity contribution < 1.29 is 14.3 Å². The van der Waals surface area contributed by atoms with Crippen LogP contribution < -0.4 is 9.47 Å². The molecule has 2 aliphatic rings. The molecule has 2 aliphatic carbocycles. The first-order chi connectivity index (χ1) is 13.2. The summed E-state index contributed by atoms with van der Waals surface area (Å²) >= 11 is 0. The van der Waals surface area contributed by atoms with Gasteiger partial charge in [-0.2, -0.15) is 0 Å². The monoisotopic (exact) mass is 372 g/mol. The Morgan fingerprint density at radius 1 is 0.889 bits per heavy atom. The molecule has 0 saturated heterocycles. The van der Waals surface area contributed by atoms with E-state index < -0.39 is 0 Å². The average Bonchev–Trinajstić information content (AvgIpc) is 2.73. The number of methoxy groups -OCH3 is 1. The van der Waals surface area contributed by atoms with Crippen molar-refractivity contribution >= 4 is 5.97 Å². The Morgan fingerprint density at radius 3 is 2.00 bits per heavy atom. The highest BCUT2D eigenvalue weighted by molar-refractivity contribution is 5.75. The number of ether oxygens (including phenoxy) is 2. The van der Waals surface area contributed by atoms with Gasteiger partial charge in [0.15, 0.2) is 0 Å². The van der Waals surface area contributed by atoms with E-state index in [9.17, 15) is 4.79 Å². The van der Waals surface area contributed by atoms with Crippen LogP contribution in [0.5, 0.6) is 11.5 Å². The fraction of sp³-hybridized carbons (Fsp3) is 0.708. The lowest BCUT2D eigenvalue weighted by Crippen LogP contribution is -2.30. The summed E-state index contributed by atoms with van der Waals surface area (Å²) in [6.45, 7) is 2.30. The van der Waals surface area contributed by atoms with Crippen LogP contribution in [0.2, 0.25) is 0 Å². The number of hydrogen-bond donors (Lipinski definition) is 0. The van der Waals surface area contributed by atoms with Crippen molar-refractivity contribution in [3.8, 4) is 11.5 Å². The van der Waals surface area contributed by atoms with E-state index in [0.29, 0.717) is 5.75 Å². The topological polar surface area (TPSA) is 35.5 Å². The summed E-state index contributed by atoms with van der Waals surface area (Å²) in [6.07, 6.45) is 14.3. The number of unbranched alkanes of at least 4 members (excludes halogenated alkanes) is 1. The molecule has 0 N–H and O–H groups in total. The van der Waals surface area contributed by atoms with Crippen LogP contribution in [0, 0.1) is 23.7 Å². The Hall–Kier alpha value is -1.51. The summed E-state index contributed by atoms with van der Waals surface area (Å²) in [6, 6.07) is 7.27. The summed E-state index contributed by atoms with van der Waals surface area (Å²) in [4.78, 5) is 12.5. The Bertz CT molecular complexity index is 564. The molecule has 0 atom stereocenters. The van der Waals surface area contributed by atoms with Crippen LogP contribution in [0.3, 0.4) is 0 Å². The Labute approximate surface area is 164 Å². The maximum absolute atomic E-state index is 12.5. The van der Waals surface area contributed by atoms with Gasteiger partial charge >= 0.3 is 5.97 Å². The lowest BCUT2D eigenvalue weighted by atomic mass is 9.68. The fourth-order valence-electron chi connectivity index (χ4n) is 5.11. The zero-order chi connectivity index (χ0) is 19.1. The maximum Gasteiger partial charge on any atom is 0.314 e. The van der Waals surface area contributed by atoms with Crippen LogP contribution in [0.15, 0.2) is 24.3 Å². The van der Waals surface area contributed by atoms with Crippen LogP contribution in [0.1, 0.15) is 77.6 Å². The van der Waals surface area contributed by atoms with Crippen molar-refractivity contribution in [2.75, 3.05) is 7.11 Å². The third-order valence-corrected chi connectivity index (χ3v) is 6.91. The third-order valence-electron chi connectivity index (χ3n) is 6.91. The predicted molar refractivity (Wildman–Crippen MR) is 109 cm³/mol. The van der Waals surface area contributed by atoms with Gasteiger partial charge in [0.1, 0.15) is 11.5 Å². The lowest BCUT2D eigenvalue weighted by Gasteiger charge is -2.37. The number of esters is 1. The molecule has 3 nitrogen and oxygen atoms in total. The summed E-state index contributed by atoms with van der Waals surface area (Å²) < 4.78 is 10.7. The Balaban J connectivity index is 1.40. The van der Waals surface area contributed by atoms with E-state index in [1.165, 1.54) is 57.8 Å². The number of carbonyl (C=O) groups is 1. The van der Waals surface area contributed by atoms with Gasteiger partial charge in [0.05, 0.1) is 13.0 Å². The standard InChI is InChI=1S/C24H36O3/c1-3-4-5-18-6-8-19(9-7-18)20-10-12-21(13-11-20)24(25)27-23-16-14-22(26-2)15-17-23/h14-21H,3-13H2,1-2H3. The fourth-order valence-corrected chi connectivity index (χ4v) is 5.11. The SMILES string of the molecule is CCCCC1CCC(C2CCC(C(=O)Oc3ccc(OC)cc3)CC2)CC1. The summed E-state index contributed by atoms with van der Waals surface area (Å²) in [5, 5.41) is 0. The minimum Gasteiger partial charge on any atom is -0.497 e. The van der Waals surface area contributed by atoms with E-state index in [0.717, 1.165) is 36.3 Å². The molecule has 0 unspecified atom stereocenters. The predicted octanol–water partition coefficient (Wildman–Crippen LogP) is 6.40. The molecule has 1 aromatic carbocycles. The van der Waals surface area contributed by atoms with Crippen LogP contribution in [-0.2, 0) is 4.79 Å². The summed E-state index contributed by atoms with van der Waals surface area (Å²) in [7, 11) is 1.64. The summed E-state index contributed by atoms with van der Waals surface area (Å²) in [5.74, 6) is 4.14. The first-order valence-electron chi connectivity index (χ1n) is 11.0. The molecule has 0 amide bonds. The van der Waals surface area contributed by atoms with Crippen molar-refractivity contribution in [1.82, 2.24) is 0 Å². The lowest BCUT2D eigenvalue weighted by molar-refractivity contribution is -0.140. The van der Waals surface area contributed by atoms with Gasteiger partial charge in [-0.25, -0.2) is 0 Å². The van der Waals surface area contributed by atoms with E-state index in [2.05, 4.69) is 6.92 Å². The molecule has 0 bridgehead atoms. The second kappa shape index (κ2) is 10.1. The van der Waals surface area contributed by atoms with Crippen molar-refractivity contribution in [3.05, 3.63) is 24.3 Å². The molecule has 3 heteroatoms. The Morgan fingerprint density at radius 2 is 1.44 bits per heavy atom. The van der Waals surface area contributed by atoms with E-state index in [1.807, 2.05) is 12.1 Å². The molecular weight excluding hydrogens is 336 g/mol. The molecule has 27 heavy (non-hydrogen) atoms. The molecule has 3 rings (SSSR count). The summed E-state index contributed by atoms with van der Waals surface area (Å²) in [5.41, 5.74) is 0. The highest BCUT2D eigenvalue weighted by Gasteiger charge is 2.33. The van der Waals surface area contributed by atoms with E-state index >= 15 is 0 Å². The van der Waals surface area contributed by atoms with E-state index in [1.54, 1.807) is 19.2 Å². The van der Waals surface area contributed by atoms with Crippen LogP contribution in [0.4, 0.5) is 0 Å². The van der Waals surface area contributed by atoms with Crippen molar-refractivity contribution in [1.29, 1.82) is 0 Å². The number of rotatable bonds is 7. The van der Waals surface area contributed by atoms with Crippen molar-refractivity contribution in [2.24, 2.45) is 23.7 Å². The van der Waals surface area contributed by atoms with Gasteiger partial charge in [-0.1, -0.05) is 39.0 Å². The first kappa shape index (κ1) is 20.2. The van der Waals surface area contributed by atoms with Crippen LogP contribution >= 0.6 is 0 Å². The molecule has 2 fully saturated rings. The van der Waals surface area contributed by atoms with Gasteiger partial charge < -0.3 is 9.47 Å². The molecule has 0 aromatic heterocycles. The van der Waals surface area contributed by atoms with Crippen LogP contribution in [-0.4, -0.2) is 13.1 Å². The molecule has 0 radical (unpaired) electrons. The highest BCUT2D eigenvalue weighted by Crippen LogP contribution is 2.42. The Kier molecular flexibility index (Phi) is 7.60. The molecule has 2 saturated carbocycles. The van der Waals surface area contributed by atoms with E-state index in [4.69, 9.17) is 9.47 Å². The second-order valence-corrected chi connectivity index (χ2v) is 8.63. The van der Waals surface area contributed by atoms with Gasteiger partial charge in [-0.15, -0.1) is 0 Å². The second-order valence-electron chi connectivity index (χ2n) is 8.63. The van der Waals surface area contributed by atoms with Gasteiger partial charge in [0.25, 0.3) is 0 Å². The minimum atomic E-state index is -0.0538. The highest BCUT2D eigenvalue weighted by atomic mass is 16.5. The van der Waals surface area contributed by atoms with Crippen LogP contribution in [0.25, 0.3) is 0 Å². The van der Waals surface area contributed by atoms with E-state index in [-0.39, 0.29) is 11.9 Å². The first-order valence-corrected chi connectivity index (χ1v) is 11.0. The molecule has 150 valence electrons. The average molecular weight is 373 g/mol. The zero-order valence-electron chi connectivity index (χ0n) is 17.1. The molecule has 1 aromatic rings. The number of hydrogen-bond acceptors (Lipinski definition) is 3. The molecule has 0 aliphatic heterocycles. The maximum atomic E-state index is 12.5. The van der Waals surface area contributed by atoms with Gasteiger partial charge in [-0.3, -0.25) is 4.79 Å². The molecular formula is C24H36O3. The van der Waals surface area contributed by atoms with Crippen molar-refractivity contribution in [2.45, 2.75) is 77.6 Å². The number of benzene rings is 1.